The number of benzene rings is 1. The summed E-state index contributed by atoms with van der Waals surface area (Å²) < 4.78 is 7.04. The minimum atomic E-state index is 0.165. The fraction of sp³-hybridized carbons (Fsp3) is 0.133. The van der Waals surface area contributed by atoms with Gasteiger partial charge in [0, 0.05) is 17.7 Å². The van der Waals surface area contributed by atoms with Crippen molar-refractivity contribution in [1.29, 1.82) is 0 Å². The number of aromatic nitrogens is 1. The molecule has 0 atom stereocenters. The molecule has 18 heavy (non-hydrogen) atoms. The fourth-order valence-corrected chi connectivity index (χ4v) is 1.65. The van der Waals surface area contributed by atoms with Gasteiger partial charge in [0.15, 0.2) is 23.9 Å². The highest BCUT2D eigenvalue weighted by molar-refractivity contribution is 5.73. The number of ether oxygens (including phenoxy) is 1. The van der Waals surface area contributed by atoms with Crippen molar-refractivity contribution in [2.45, 2.75) is 0 Å². The Kier molecular flexibility index (Phi) is 3.63. The molecule has 2 aromatic rings. The predicted molar refractivity (Wildman–Crippen MR) is 71.2 cm³/mol. The number of methoxy groups -OCH3 is 1. The summed E-state index contributed by atoms with van der Waals surface area (Å²) in [7, 11) is 3.52. The Morgan fingerprint density at radius 3 is 2.50 bits per heavy atom. The van der Waals surface area contributed by atoms with E-state index in [1.807, 2.05) is 60.4 Å². The molecule has 1 aromatic heterocycles. The molecule has 0 saturated carbocycles. The van der Waals surface area contributed by atoms with Crippen LogP contribution in [0.4, 0.5) is 0 Å². The maximum atomic E-state index is 9.93. The first-order valence-electron chi connectivity index (χ1n) is 5.70. The molecule has 1 aromatic carbocycles. The van der Waals surface area contributed by atoms with Gasteiger partial charge in [-0.1, -0.05) is 24.3 Å². The molecule has 0 aliphatic rings. The number of nitrogens with zero attached hydrogens (tertiary/aromatic N) is 1. The summed E-state index contributed by atoms with van der Waals surface area (Å²) in [5.41, 5.74) is 1.82. The quantitative estimate of drug-likeness (QED) is 0.838. The molecule has 0 radical (unpaired) electrons. The molecule has 0 amide bonds. The summed E-state index contributed by atoms with van der Waals surface area (Å²) in [6.07, 6.45) is 7.78. The van der Waals surface area contributed by atoms with Gasteiger partial charge in [-0.15, -0.1) is 0 Å². The van der Waals surface area contributed by atoms with Gasteiger partial charge in [-0.25, -0.2) is 4.57 Å². The SMILES string of the molecule is COc1cccc(C=Cc2cc[n+](C)cc2)c1O. The molecule has 1 N–H and O–H groups in total. The van der Waals surface area contributed by atoms with Crippen molar-refractivity contribution in [2.75, 3.05) is 7.11 Å². The van der Waals surface area contributed by atoms with Crippen molar-refractivity contribution in [3.8, 4) is 11.5 Å². The lowest BCUT2D eigenvalue weighted by Crippen LogP contribution is -2.25. The number of phenols is 1. The highest BCUT2D eigenvalue weighted by Gasteiger charge is 2.03. The van der Waals surface area contributed by atoms with Crippen molar-refractivity contribution in [3.63, 3.8) is 0 Å². The van der Waals surface area contributed by atoms with Gasteiger partial charge in [-0.05, 0) is 11.6 Å². The summed E-state index contributed by atoms with van der Waals surface area (Å²) in [6, 6.07) is 9.44. The third-order valence-corrected chi connectivity index (χ3v) is 2.71. The van der Waals surface area contributed by atoms with E-state index in [9.17, 15) is 5.11 Å². The zero-order chi connectivity index (χ0) is 13.0. The van der Waals surface area contributed by atoms with Gasteiger partial charge >= 0.3 is 0 Å². The van der Waals surface area contributed by atoms with Crippen molar-refractivity contribution in [2.24, 2.45) is 7.05 Å². The Labute approximate surface area is 107 Å². The number of para-hydroxylation sites is 1. The summed E-state index contributed by atoms with van der Waals surface area (Å²) in [5, 5.41) is 9.93. The number of aromatic hydroxyl groups is 1. The number of pyridine rings is 1. The third kappa shape index (κ3) is 2.69. The standard InChI is InChI=1S/C15H15NO2/c1-16-10-8-12(9-11-16)6-7-13-4-3-5-14(18-2)15(13)17/h3-11H,1-2H3/p+1. The smallest absolute Gasteiger partial charge is 0.169 e. The van der Waals surface area contributed by atoms with Crippen LogP contribution in [-0.2, 0) is 7.05 Å². The van der Waals surface area contributed by atoms with E-state index in [2.05, 4.69) is 0 Å². The number of aryl methyl sites for hydroxylation is 1. The van der Waals surface area contributed by atoms with E-state index >= 15 is 0 Å². The topological polar surface area (TPSA) is 33.3 Å². The van der Waals surface area contributed by atoms with Gasteiger partial charge in [0.2, 0.25) is 0 Å². The van der Waals surface area contributed by atoms with Gasteiger partial charge in [-0.3, -0.25) is 0 Å². The second-order valence-electron chi connectivity index (χ2n) is 4.03. The molecule has 3 nitrogen and oxygen atoms in total. The van der Waals surface area contributed by atoms with Crippen LogP contribution in [0.25, 0.3) is 12.2 Å². The molecule has 3 heteroatoms. The molecule has 0 spiro atoms. The van der Waals surface area contributed by atoms with E-state index in [-0.39, 0.29) is 5.75 Å². The molecule has 0 saturated heterocycles. The van der Waals surface area contributed by atoms with Gasteiger partial charge in [0.1, 0.15) is 7.05 Å². The predicted octanol–water partition coefficient (Wildman–Crippen LogP) is 2.40. The van der Waals surface area contributed by atoms with Crippen LogP contribution in [0, 0.1) is 0 Å². The first-order valence-corrected chi connectivity index (χ1v) is 5.70. The van der Waals surface area contributed by atoms with Crippen LogP contribution >= 0.6 is 0 Å². The first kappa shape index (κ1) is 12.2. The minimum Gasteiger partial charge on any atom is -0.504 e. The molecular weight excluding hydrogens is 226 g/mol. The van der Waals surface area contributed by atoms with Crippen LogP contribution in [0.1, 0.15) is 11.1 Å². The van der Waals surface area contributed by atoms with Crippen LogP contribution in [0.15, 0.2) is 42.7 Å². The monoisotopic (exact) mass is 242 g/mol. The van der Waals surface area contributed by atoms with Crippen molar-refractivity contribution in [3.05, 3.63) is 53.9 Å². The van der Waals surface area contributed by atoms with E-state index in [1.165, 1.54) is 0 Å². The number of rotatable bonds is 3. The minimum absolute atomic E-state index is 0.165. The van der Waals surface area contributed by atoms with Crippen LogP contribution in [-0.4, -0.2) is 12.2 Å². The molecule has 92 valence electrons. The zero-order valence-electron chi connectivity index (χ0n) is 10.5. The van der Waals surface area contributed by atoms with E-state index in [0.717, 1.165) is 11.1 Å². The Hall–Kier alpha value is -2.29. The summed E-state index contributed by atoms with van der Waals surface area (Å²) in [5.74, 6) is 0.648. The van der Waals surface area contributed by atoms with Gasteiger partial charge in [-0.2, -0.15) is 0 Å². The third-order valence-electron chi connectivity index (χ3n) is 2.71. The van der Waals surface area contributed by atoms with Crippen molar-refractivity contribution < 1.29 is 14.4 Å². The van der Waals surface area contributed by atoms with Crippen LogP contribution < -0.4 is 9.30 Å². The second kappa shape index (κ2) is 5.36. The zero-order valence-corrected chi connectivity index (χ0v) is 10.5. The Morgan fingerprint density at radius 2 is 1.83 bits per heavy atom. The fourth-order valence-electron chi connectivity index (χ4n) is 1.65. The van der Waals surface area contributed by atoms with E-state index in [4.69, 9.17) is 4.74 Å². The molecule has 0 fully saturated rings. The highest BCUT2D eigenvalue weighted by Crippen LogP contribution is 2.30. The van der Waals surface area contributed by atoms with Crippen LogP contribution in [0.5, 0.6) is 11.5 Å². The highest BCUT2D eigenvalue weighted by atomic mass is 16.5. The second-order valence-corrected chi connectivity index (χ2v) is 4.03. The first-order chi connectivity index (χ1) is 8.70. The lowest BCUT2D eigenvalue weighted by Gasteiger charge is -2.05. The number of phenolic OH excluding ortho intramolecular Hbond substituents is 1. The normalized spacial score (nSPS) is 10.8. The Morgan fingerprint density at radius 1 is 1.11 bits per heavy atom. The molecule has 1 heterocycles. The lowest BCUT2D eigenvalue weighted by molar-refractivity contribution is -0.671. The van der Waals surface area contributed by atoms with E-state index < -0.39 is 0 Å². The summed E-state index contributed by atoms with van der Waals surface area (Å²) in [4.78, 5) is 0. The molecular formula is C15H16NO2+. The van der Waals surface area contributed by atoms with Crippen LogP contribution in [0.3, 0.4) is 0 Å². The lowest BCUT2D eigenvalue weighted by atomic mass is 10.1. The van der Waals surface area contributed by atoms with E-state index in [1.54, 1.807) is 13.2 Å². The number of hydrogen-bond donors (Lipinski definition) is 1. The molecule has 0 unspecified atom stereocenters. The van der Waals surface area contributed by atoms with Crippen molar-refractivity contribution in [1.82, 2.24) is 0 Å². The molecule has 0 aliphatic heterocycles. The summed E-state index contributed by atoms with van der Waals surface area (Å²) >= 11 is 0. The van der Waals surface area contributed by atoms with E-state index in [0.29, 0.717) is 5.75 Å². The largest absolute Gasteiger partial charge is 0.504 e. The van der Waals surface area contributed by atoms with Crippen molar-refractivity contribution >= 4 is 12.2 Å². The molecule has 0 aliphatic carbocycles. The average molecular weight is 242 g/mol. The summed E-state index contributed by atoms with van der Waals surface area (Å²) in [6.45, 7) is 0. The average Bonchev–Trinajstić information content (AvgIpc) is 2.39. The van der Waals surface area contributed by atoms with Crippen LogP contribution in [0.2, 0.25) is 0 Å². The Balaban J connectivity index is 2.26. The molecule has 2 rings (SSSR count). The van der Waals surface area contributed by atoms with Gasteiger partial charge < -0.3 is 9.84 Å². The molecule has 0 bridgehead atoms. The maximum Gasteiger partial charge on any atom is 0.169 e. The van der Waals surface area contributed by atoms with Gasteiger partial charge in [0.25, 0.3) is 0 Å². The number of hydrogen-bond acceptors (Lipinski definition) is 2. The maximum absolute atomic E-state index is 9.93. The Bertz CT molecular complexity index is 559. The van der Waals surface area contributed by atoms with Gasteiger partial charge in [0.05, 0.1) is 7.11 Å².